The van der Waals surface area contributed by atoms with Crippen LogP contribution in [0.2, 0.25) is 0 Å². The van der Waals surface area contributed by atoms with E-state index in [0.29, 0.717) is 6.42 Å². The fourth-order valence-electron chi connectivity index (χ4n) is 2.15. The lowest BCUT2D eigenvalue weighted by molar-refractivity contribution is 0.222. The van der Waals surface area contributed by atoms with Gasteiger partial charge in [-0.15, -0.1) is 0 Å². The van der Waals surface area contributed by atoms with Gasteiger partial charge in [0.25, 0.3) is 0 Å². The largest absolute Gasteiger partial charge is 0.389 e. The third-order valence-electron chi connectivity index (χ3n) is 3.15. The molecule has 0 bridgehead atoms. The average molecular weight is 264 g/mol. The predicted molar refractivity (Wildman–Crippen MR) is 81.3 cm³/mol. The SMILES string of the molecule is O[C@@H](/C=C\c1ccccc1)Cc1nc2ccccc2[nH]1. The van der Waals surface area contributed by atoms with E-state index in [0.717, 1.165) is 22.4 Å². The second-order valence-electron chi connectivity index (χ2n) is 4.74. The highest BCUT2D eigenvalue weighted by atomic mass is 16.3. The molecule has 0 fully saturated rings. The molecule has 0 aliphatic carbocycles. The van der Waals surface area contributed by atoms with Gasteiger partial charge in [-0.05, 0) is 17.7 Å². The topological polar surface area (TPSA) is 48.9 Å². The van der Waals surface area contributed by atoms with Gasteiger partial charge in [-0.1, -0.05) is 54.6 Å². The predicted octanol–water partition coefficient (Wildman–Crippen LogP) is 3.18. The van der Waals surface area contributed by atoms with Crippen molar-refractivity contribution in [3.63, 3.8) is 0 Å². The lowest BCUT2D eigenvalue weighted by atomic mass is 10.1. The number of aliphatic hydroxyl groups excluding tert-OH is 1. The van der Waals surface area contributed by atoms with Crippen molar-refractivity contribution >= 4 is 17.1 Å². The van der Waals surface area contributed by atoms with Crippen molar-refractivity contribution in [2.24, 2.45) is 0 Å². The average Bonchev–Trinajstić information content (AvgIpc) is 2.88. The molecule has 3 nitrogen and oxygen atoms in total. The maximum absolute atomic E-state index is 10.0. The number of hydrogen-bond acceptors (Lipinski definition) is 2. The van der Waals surface area contributed by atoms with Crippen LogP contribution in [0.1, 0.15) is 11.4 Å². The monoisotopic (exact) mass is 264 g/mol. The molecule has 0 spiro atoms. The Morgan fingerprint density at radius 1 is 1.05 bits per heavy atom. The maximum Gasteiger partial charge on any atom is 0.110 e. The van der Waals surface area contributed by atoms with Gasteiger partial charge >= 0.3 is 0 Å². The molecule has 0 amide bonds. The first-order chi connectivity index (χ1) is 9.81. The minimum Gasteiger partial charge on any atom is -0.389 e. The number of aliphatic hydroxyl groups is 1. The number of benzene rings is 2. The summed E-state index contributed by atoms with van der Waals surface area (Å²) in [5.41, 5.74) is 3.01. The Hall–Kier alpha value is -2.39. The van der Waals surface area contributed by atoms with Crippen LogP contribution in [0.3, 0.4) is 0 Å². The molecule has 2 N–H and O–H groups in total. The van der Waals surface area contributed by atoms with Crippen LogP contribution in [-0.4, -0.2) is 21.2 Å². The summed E-state index contributed by atoms with van der Waals surface area (Å²) in [4.78, 5) is 7.68. The van der Waals surface area contributed by atoms with Gasteiger partial charge < -0.3 is 10.1 Å². The van der Waals surface area contributed by atoms with Crippen LogP contribution in [0, 0.1) is 0 Å². The molecular weight excluding hydrogens is 248 g/mol. The highest BCUT2D eigenvalue weighted by molar-refractivity contribution is 5.74. The van der Waals surface area contributed by atoms with Gasteiger partial charge in [0.2, 0.25) is 0 Å². The highest BCUT2D eigenvalue weighted by Gasteiger charge is 2.06. The second kappa shape index (κ2) is 5.72. The standard InChI is InChI=1S/C17H16N2O/c20-14(11-10-13-6-2-1-3-7-13)12-17-18-15-8-4-5-9-16(15)19-17/h1-11,14,20H,12H2,(H,18,19)/b11-10-/t14-/m0/s1. The summed E-state index contributed by atoms with van der Waals surface area (Å²) in [6.07, 6.45) is 3.66. The Bertz CT molecular complexity index is 683. The van der Waals surface area contributed by atoms with Crippen LogP contribution in [0.4, 0.5) is 0 Å². The van der Waals surface area contributed by atoms with Crippen molar-refractivity contribution < 1.29 is 5.11 Å². The van der Waals surface area contributed by atoms with E-state index in [-0.39, 0.29) is 0 Å². The number of rotatable bonds is 4. The normalized spacial score (nSPS) is 13.1. The molecule has 1 heterocycles. The Balaban J connectivity index is 1.69. The summed E-state index contributed by atoms with van der Waals surface area (Å²) in [7, 11) is 0. The van der Waals surface area contributed by atoms with Crippen molar-refractivity contribution in [2.75, 3.05) is 0 Å². The molecule has 2 aromatic carbocycles. The van der Waals surface area contributed by atoms with E-state index in [1.165, 1.54) is 0 Å². The summed E-state index contributed by atoms with van der Waals surface area (Å²) in [6, 6.07) is 17.8. The summed E-state index contributed by atoms with van der Waals surface area (Å²) < 4.78 is 0. The molecular formula is C17H16N2O. The van der Waals surface area contributed by atoms with Crippen LogP contribution in [0.5, 0.6) is 0 Å². The zero-order valence-corrected chi connectivity index (χ0v) is 11.0. The lowest BCUT2D eigenvalue weighted by Crippen LogP contribution is -2.07. The maximum atomic E-state index is 10.0. The van der Waals surface area contributed by atoms with Crippen LogP contribution >= 0.6 is 0 Å². The highest BCUT2D eigenvalue weighted by Crippen LogP contribution is 2.12. The Kier molecular flexibility index (Phi) is 3.61. The van der Waals surface area contributed by atoms with E-state index in [4.69, 9.17) is 0 Å². The van der Waals surface area contributed by atoms with Crippen LogP contribution < -0.4 is 0 Å². The first-order valence-electron chi connectivity index (χ1n) is 6.66. The van der Waals surface area contributed by atoms with E-state index in [1.54, 1.807) is 6.08 Å². The van der Waals surface area contributed by atoms with Crippen molar-refractivity contribution in [1.29, 1.82) is 0 Å². The fraction of sp³-hybridized carbons (Fsp3) is 0.118. The number of imidazole rings is 1. The lowest BCUT2D eigenvalue weighted by Gasteiger charge is -2.02. The van der Waals surface area contributed by atoms with Crippen LogP contribution in [-0.2, 0) is 6.42 Å². The molecule has 0 saturated carbocycles. The van der Waals surface area contributed by atoms with Gasteiger partial charge in [0.15, 0.2) is 0 Å². The molecule has 1 aromatic heterocycles. The molecule has 100 valence electrons. The molecule has 0 aliphatic rings. The van der Waals surface area contributed by atoms with Crippen LogP contribution in [0.25, 0.3) is 17.1 Å². The molecule has 0 saturated heterocycles. The van der Waals surface area contributed by atoms with Gasteiger partial charge in [-0.25, -0.2) is 4.98 Å². The first kappa shape index (κ1) is 12.6. The number of H-pyrrole nitrogens is 1. The molecule has 0 unspecified atom stereocenters. The Labute approximate surface area is 117 Å². The number of fused-ring (bicyclic) bond motifs is 1. The Morgan fingerprint density at radius 3 is 2.60 bits per heavy atom. The second-order valence-corrected chi connectivity index (χ2v) is 4.74. The molecule has 20 heavy (non-hydrogen) atoms. The number of para-hydroxylation sites is 2. The summed E-state index contributed by atoms with van der Waals surface area (Å²) in [5.74, 6) is 0.802. The van der Waals surface area contributed by atoms with Gasteiger partial charge in [0.05, 0.1) is 17.1 Å². The van der Waals surface area contributed by atoms with E-state index >= 15 is 0 Å². The van der Waals surface area contributed by atoms with Crippen molar-refractivity contribution in [3.05, 3.63) is 72.1 Å². The molecule has 3 heteroatoms. The number of nitrogens with zero attached hydrogens (tertiary/aromatic N) is 1. The third-order valence-corrected chi connectivity index (χ3v) is 3.15. The van der Waals surface area contributed by atoms with Gasteiger partial charge in [0.1, 0.15) is 5.82 Å². The first-order valence-corrected chi connectivity index (χ1v) is 6.66. The van der Waals surface area contributed by atoms with E-state index < -0.39 is 6.10 Å². The van der Waals surface area contributed by atoms with E-state index in [1.807, 2.05) is 60.7 Å². The summed E-state index contributed by atoms with van der Waals surface area (Å²) in [6.45, 7) is 0. The van der Waals surface area contributed by atoms with Crippen molar-refractivity contribution in [1.82, 2.24) is 9.97 Å². The molecule has 0 radical (unpaired) electrons. The smallest absolute Gasteiger partial charge is 0.110 e. The summed E-state index contributed by atoms with van der Waals surface area (Å²) in [5, 5.41) is 10.0. The Morgan fingerprint density at radius 2 is 1.80 bits per heavy atom. The zero-order chi connectivity index (χ0) is 13.8. The van der Waals surface area contributed by atoms with Gasteiger partial charge in [-0.3, -0.25) is 0 Å². The number of hydrogen-bond donors (Lipinski definition) is 2. The van der Waals surface area contributed by atoms with Gasteiger partial charge in [0, 0.05) is 6.42 Å². The number of aromatic amines is 1. The third kappa shape index (κ3) is 2.95. The van der Waals surface area contributed by atoms with E-state index in [9.17, 15) is 5.11 Å². The van der Waals surface area contributed by atoms with Gasteiger partial charge in [-0.2, -0.15) is 0 Å². The molecule has 0 aliphatic heterocycles. The fourth-order valence-corrected chi connectivity index (χ4v) is 2.15. The quantitative estimate of drug-likeness (QED) is 0.760. The minimum atomic E-state index is -0.546. The number of nitrogens with one attached hydrogen (secondary N) is 1. The van der Waals surface area contributed by atoms with Crippen molar-refractivity contribution in [2.45, 2.75) is 12.5 Å². The van der Waals surface area contributed by atoms with E-state index in [2.05, 4.69) is 9.97 Å². The van der Waals surface area contributed by atoms with Crippen molar-refractivity contribution in [3.8, 4) is 0 Å². The zero-order valence-electron chi connectivity index (χ0n) is 11.0. The number of aromatic nitrogens is 2. The van der Waals surface area contributed by atoms with Crippen LogP contribution in [0.15, 0.2) is 60.7 Å². The molecule has 3 aromatic rings. The molecule has 1 atom stereocenters. The minimum absolute atomic E-state index is 0.484. The molecule has 3 rings (SSSR count). The summed E-state index contributed by atoms with van der Waals surface area (Å²) >= 11 is 0.